The molecular weight excluding hydrogens is 348 g/mol. The van der Waals surface area contributed by atoms with Crippen molar-refractivity contribution in [3.63, 3.8) is 0 Å². The predicted octanol–water partition coefficient (Wildman–Crippen LogP) is 5.27. The van der Waals surface area contributed by atoms with Crippen LogP contribution in [0.4, 0.5) is 0 Å². The molecule has 4 aromatic rings. The Hall–Kier alpha value is -3.11. The Kier molecular flexibility index (Phi) is 4.42. The average Bonchev–Trinajstić information content (AvgIpc) is 3.09. The van der Waals surface area contributed by atoms with Gasteiger partial charge in [-0.1, -0.05) is 29.8 Å². The minimum absolute atomic E-state index is 0.464. The van der Waals surface area contributed by atoms with Gasteiger partial charge in [0.1, 0.15) is 12.4 Å². The fourth-order valence-corrected chi connectivity index (χ4v) is 3.14. The van der Waals surface area contributed by atoms with Crippen molar-refractivity contribution in [3.8, 4) is 16.9 Å². The van der Waals surface area contributed by atoms with E-state index in [1.807, 2.05) is 48.5 Å². The van der Waals surface area contributed by atoms with Gasteiger partial charge in [0.05, 0.1) is 5.02 Å². The Morgan fingerprint density at radius 2 is 2.00 bits per heavy atom. The lowest BCUT2D eigenvalue weighted by Gasteiger charge is -2.09. The first-order valence-corrected chi connectivity index (χ1v) is 8.50. The van der Waals surface area contributed by atoms with E-state index >= 15 is 0 Å². The van der Waals surface area contributed by atoms with E-state index < -0.39 is 0 Å². The molecule has 0 unspecified atom stereocenters. The Morgan fingerprint density at radius 3 is 2.73 bits per heavy atom. The van der Waals surface area contributed by atoms with Crippen molar-refractivity contribution in [2.24, 2.45) is 0 Å². The Labute approximate surface area is 155 Å². The smallest absolute Gasteiger partial charge is 0.152 e. The summed E-state index contributed by atoms with van der Waals surface area (Å²) in [5.74, 6) is 0.769. The van der Waals surface area contributed by atoms with Gasteiger partial charge >= 0.3 is 0 Å². The lowest BCUT2D eigenvalue weighted by Crippen LogP contribution is -1.95. The first kappa shape index (κ1) is 16.4. The number of nitrogens with one attached hydrogen (secondary N) is 1. The molecule has 2 heterocycles. The number of nitrogens with zero attached hydrogens (tertiary/aromatic N) is 1. The Balaban J connectivity index is 1.59. The molecule has 2 aromatic heterocycles. The number of benzene rings is 2. The minimum atomic E-state index is 0.464. The molecule has 4 nitrogen and oxygen atoms in total. The Bertz CT molecular complexity index is 1060. The maximum atomic E-state index is 11.2. The molecule has 5 heteroatoms. The minimum Gasteiger partial charge on any atom is -0.489 e. The largest absolute Gasteiger partial charge is 0.489 e. The molecule has 0 aliphatic carbocycles. The fraction of sp³-hybridized carbons (Fsp3) is 0.0476. The molecule has 128 valence electrons. The molecule has 0 fully saturated rings. The number of hydrogen-bond acceptors (Lipinski definition) is 3. The molecule has 0 atom stereocenters. The second kappa shape index (κ2) is 7.02. The van der Waals surface area contributed by atoms with Crippen LogP contribution < -0.4 is 4.74 Å². The van der Waals surface area contributed by atoms with Crippen LogP contribution in [0, 0.1) is 0 Å². The first-order valence-electron chi connectivity index (χ1n) is 8.12. The van der Waals surface area contributed by atoms with Gasteiger partial charge in [-0.05, 0) is 35.9 Å². The standard InChI is InChI=1S/C21H15ClN2O2/c22-20-9-21-19(16(12-25)11-24-21)8-18(20)15-3-5-17(6-4-15)26-13-14-2-1-7-23-10-14/h1-12,24H,13H2. The number of H-pyrrole nitrogens is 1. The lowest BCUT2D eigenvalue weighted by atomic mass is 10.0. The molecule has 4 rings (SSSR count). The quantitative estimate of drug-likeness (QED) is 0.492. The summed E-state index contributed by atoms with van der Waals surface area (Å²) in [7, 11) is 0. The van der Waals surface area contributed by atoms with Gasteiger partial charge in [0.25, 0.3) is 0 Å². The third kappa shape index (κ3) is 3.19. The van der Waals surface area contributed by atoms with Crippen molar-refractivity contribution in [2.75, 3.05) is 0 Å². The van der Waals surface area contributed by atoms with E-state index in [1.54, 1.807) is 18.6 Å². The molecule has 0 saturated heterocycles. The van der Waals surface area contributed by atoms with Crippen LogP contribution in [0.25, 0.3) is 22.0 Å². The van der Waals surface area contributed by atoms with E-state index in [1.165, 1.54) is 0 Å². The van der Waals surface area contributed by atoms with E-state index in [9.17, 15) is 4.79 Å². The molecule has 0 aliphatic rings. The molecule has 0 saturated carbocycles. The van der Waals surface area contributed by atoms with Gasteiger partial charge in [0.2, 0.25) is 0 Å². The summed E-state index contributed by atoms with van der Waals surface area (Å²) in [6.07, 6.45) is 6.04. The number of hydrogen-bond donors (Lipinski definition) is 1. The topological polar surface area (TPSA) is 55.0 Å². The SMILES string of the molecule is O=Cc1c[nH]c2cc(Cl)c(-c3ccc(OCc4cccnc4)cc3)cc12. The van der Waals surface area contributed by atoms with E-state index in [-0.39, 0.29) is 0 Å². The van der Waals surface area contributed by atoms with Crippen LogP contribution in [0.3, 0.4) is 0 Å². The summed E-state index contributed by atoms with van der Waals surface area (Å²) in [6, 6.07) is 15.4. The van der Waals surface area contributed by atoms with E-state index in [0.29, 0.717) is 17.2 Å². The summed E-state index contributed by atoms with van der Waals surface area (Å²) < 4.78 is 5.78. The lowest BCUT2D eigenvalue weighted by molar-refractivity contribution is 0.112. The zero-order valence-corrected chi connectivity index (χ0v) is 14.5. The zero-order valence-electron chi connectivity index (χ0n) is 13.8. The second-order valence-corrected chi connectivity index (χ2v) is 6.32. The second-order valence-electron chi connectivity index (χ2n) is 5.91. The molecule has 0 aliphatic heterocycles. The van der Waals surface area contributed by atoms with Gasteiger partial charge in [-0.25, -0.2) is 0 Å². The van der Waals surface area contributed by atoms with Crippen molar-refractivity contribution in [2.45, 2.75) is 6.61 Å². The summed E-state index contributed by atoms with van der Waals surface area (Å²) >= 11 is 6.42. The van der Waals surface area contributed by atoms with Crippen molar-refractivity contribution in [1.29, 1.82) is 0 Å². The fourth-order valence-electron chi connectivity index (χ4n) is 2.86. The summed E-state index contributed by atoms with van der Waals surface area (Å²) in [4.78, 5) is 18.3. The molecule has 0 radical (unpaired) electrons. The van der Waals surface area contributed by atoms with Crippen molar-refractivity contribution >= 4 is 28.8 Å². The highest BCUT2D eigenvalue weighted by Gasteiger charge is 2.10. The molecule has 0 spiro atoms. The van der Waals surface area contributed by atoms with Gasteiger partial charge in [-0.3, -0.25) is 9.78 Å². The molecule has 0 bridgehead atoms. The zero-order chi connectivity index (χ0) is 17.9. The Morgan fingerprint density at radius 1 is 1.15 bits per heavy atom. The number of halogens is 1. The number of carbonyl (C=O) groups is 1. The number of aromatic nitrogens is 2. The highest BCUT2D eigenvalue weighted by molar-refractivity contribution is 6.34. The van der Waals surface area contributed by atoms with Gasteiger partial charge in [0, 0.05) is 46.2 Å². The van der Waals surface area contributed by atoms with Crippen LogP contribution in [0.2, 0.25) is 5.02 Å². The third-order valence-electron chi connectivity index (χ3n) is 4.22. The van der Waals surface area contributed by atoms with E-state index in [0.717, 1.165) is 39.6 Å². The van der Waals surface area contributed by atoms with Crippen molar-refractivity contribution < 1.29 is 9.53 Å². The molecule has 26 heavy (non-hydrogen) atoms. The first-order chi connectivity index (χ1) is 12.7. The monoisotopic (exact) mass is 362 g/mol. The number of pyridine rings is 1. The van der Waals surface area contributed by atoms with E-state index in [2.05, 4.69) is 9.97 Å². The molecule has 0 amide bonds. The number of aldehydes is 1. The van der Waals surface area contributed by atoms with Crippen molar-refractivity contribution in [3.05, 3.63) is 83.3 Å². The van der Waals surface area contributed by atoms with Crippen LogP contribution >= 0.6 is 11.6 Å². The van der Waals surface area contributed by atoms with Crippen LogP contribution in [0.5, 0.6) is 5.75 Å². The summed E-state index contributed by atoms with van der Waals surface area (Å²) in [5.41, 5.74) is 4.31. The maximum Gasteiger partial charge on any atom is 0.152 e. The highest BCUT2D eigenvalue weighted by atomic mass is 35.5. The van der Waals surface area contributed by atoms with Gasteiger partial charge in [-0.2, -0.15) is 0 Å². The van der Waals surface area contributed by atoms with Crippen LogP contribution in [-0.2, 0) is 6.61 Å². The number of ether oxygens (including phenoxy) is 1. The average molecular weight is 363 g/mol. The van der Waals surface area contributed by atoms with Crippen molar-refractivity contribution in [1.82, 2.24) is 9.97 Å². The number of fused-ring (bicyclic) bond motifs is 1. The normalized spacial score (nSPS) is 10.8. The van der Waals surface area contributed by atoms with Crippen LogP contribution in [-0.4, -0.2) is 16.3 Å². The van der Waals surface area contributed by atoms with E-state index in [4.69, 9.17) is 16.3 Å². The molecule has 2 aromatic carbocycles. The number of rotatable bonds is 5. The maximum absolute atomic E-state index is 11.2. The third-order valence-corrected chi connectivity index (χ3v) is 4.53. The van der Waals surface area contributed by atoms with Crippen LogP contribution in [0.15, 0.2) is 67.1 Å². The number of carbonyl (C=O) groups excluding carboxylic acids is 1. The van der Waals surface area contributed by atoms with Crippen LogP contribution in [0.1, 0.15) is 15.9 Å². The highest BCUT2D eigenvalue weighted by Crippen LogP contribution is 2.33. The predicted molar refractivity (Wildman–Crippen MR) is 103 cm³/mol. The van der Waals surface area contributed by atoms with Gasteiger partial charge in [0.15, 0.2) is 6.29 Å². The van der Waals surface area contributed by atoms with Gasteiger partial charge in [-0.15, -0.1) is 0 Å². The summed E-state index contributed by atoms with van der Waals surface area (Å²) in [6.45, 7) is 0.464. The summed E-state index contributed by atoms with van der Waals surface area (Å²) in [5, 5.41) is 1.48. The molecular formula is C21H15ClN2O2. The van der Waals surface area contributed by atoms with Gasteiger partial charge < -0.3 is 9.72 Å². The number of aromatic amines is 1. The molecule has 1 N–H and O–H groups in total.